The van der Waals surface area contributed by atoms with E-state index in [4.69, 9.17) is 9.47 Å². The summed E-state index contributed by atoms with van der Waals surface area (Å²) in [7, 11) is 1.70. The molecule has 1 fully saturated rings. The minimum Gasteiger partial charge on any atom is -0.377 e. The third-order valence-electron chi connectivity index (χ3n) is 3.20. The molecular formula is C13H15N3O2. The van der Waals surface area contributed by atoms with Crippen molar-refractivity contribution >= 4 is 16.7 Å². The Balaban J connectivity index is 1.90. The lowest BCUT2D eigenvalue weighted by molar-refractivity contribution is 0.0795. The van der Waals surface area contributed by atoms with Crippen LogP contribution in [0.3, 0.4) is 0 Å². The highest BCUT2D eigenvalue weighted by Crippen LogP contribution is 2.21. The number of hydrogen-bond acceptors (Lipinski definition) is 5. The SMILES string of the molecule is CO[C@H]1COC[C@@H]1Nc1ncnc2ccccc12. The molecule has 1 aliphatic heterocycles. The van der Waals surface area contributed by atoms with Gasteiger partial charge in [-0.25, -0.2) is 9.97 Å². The van der Waals surface area contributed by atoms with Gasteiger partial charge < -0.3 is 14.8 Å². The largest absolute Gasteiger partial charge is 0.377 e. The van der Waals surface area contributed by atoms with Crippen LogP contribution in [-0.4, -0.2) is 42.4 Å². The van der Waals surface area contributed by atoms with Gasteiger partial charge in [0.25, 0.3) is 0 Å². The summed E-state index contributed by atoms with van der Waals surface area (Å²) in [6.07, 6.45) is 1.64. The van der Waals surface area contributed by atoms with E-state index in [0.717, 1.165) is 16.7 Å². The van der Waals surface area contributed by atoms with E-state index in [-0.39, 0.29) is 12.1 Å². The molecule has 1 aromatic carbocycles. The summed E-state index contributed by atoms with van der Waals surface area (Å²) in [6, 6.07) is 8.07. The van der Waals surface area contributed by atoms with E-state index in [1.807, 2.05) is 24.3 Å². The highest BCUT2D eigenvalue weighted by molar-refractivity contribution is 5.88. The fourth-order valence-corrected chi connectivity index (χ4v) is 2.20. The van der Waals surface area contributed by atoms with Gasteiger partial charge in [-0.1, -0.05) is 12.1 Å². The Labute approximate surface area is 105 Å². The van der Waals surface area contributed by atoms with Gasteiger partial charge in [-0.05, 0) is 12.1 Å². The zero-order valence-corrected chi connectivity index (χ0v) is 10.2. The van der Waals surface area contributed by atoms with Crippen LogP contribution in [0.25, 0.3) is 10.9 Å². The number of hydrogen-bond donors (Lipinski definition) is 1. The summed E-state index contributed by atoms with van der Waals surface area (Å²) in [5.41, 5.74) is 0.933. The van der Waals surface area contributed by atoms with Gasteiger partial charge in [-0.15, -0.1) is 0 Å². The average Bonchev–Trinajstić information content (AvgIpc) is 2.86. The Hall–Kier alpha value is -1.72. The minimum atomic E-state index is 0.0683. The number of nitrogens with zero attached hydrogens (tertiary/aromatic N) is 2. The van der Waals surface area contributed by atoms with Crippen molar-refractivity contribution in [3.63, 3.8) is 0 Å². The van der Waals surface area contributed by atoms with Gasteiger partial charge in [0.2, 0.25) is 0 Å². The van der Waals surface area contributed by atoms with Gasteiger partial charge in [0.1, 0.15) is 18.2 Å². The molecule has 0 saturated carbocycles. The number of aromatic nitrogens is 2. The molecule has 0 aliphatic carbocycles. The third kappa shape index (κ3) is 2.02. The maximum absolute atomic E-state index is 5.41. The van der Waals surface area contributed by atoms with E-state index in [1.54, 1.807) is 13.4 Å². The molecule has 1 N–H and O–H groups in total. The van der Waals surface area contributed by atoms with Crippen molar-refractivity contribution in [2.75, 3.05) is 25.6 Å². The van der Waals surface area contributed by atoms with E-state index in [9.17, 15) is 0 Å². The van der Waals surface area contributed by atoms with Crippen molar-refractivity contribution in [1.29, 1.82) is 0 Å². The van der Waals surface area contributed by atoms with Crippen LogP contribution in [0.4, 0.5) is 5.82 Å². The normalized spacial score (nSPS) is 23.4. The summed E-state index contributed by atoms with van der Waals surface area (Å²) in [5.74, 6) is 0.832. The van der Waals surface area contributed by atoms with Crippen LogP contribution in [0.1, 0.15) is 0 Å². The molecule has 2 aromatic rings. The van der Waals surface area contributed by atoms with Crippen molar-refractivity contribution in [2.24, 2.45) is 0 Å². The number of para-hydroxylation sites is 1. The number of nitrogens with one attached hydrogen (secondary N) is 1. The first kappa shape index (κ1) is 11.4. The Bertz CT molecular complexity index is 541. The topological polar surface area (TPSA) is 56.3 Å². The Kier molecular flexibility index (Phi) is 3.08. The molecule has 0 bridgehead atoms. The van der Waals surface area contributed by atoms with E-state index in [1.165, 1.54) is 0 Å². The summed E-state index contributed by atoms with van der Waals surface area (Å²) < 4.78 is 10.8. The third-order valence-corrected chi connectivity index (χ3v) is 3.20. The summed E-state index contributed by atoms with van der Waals surface area (Å²) in [6.45, 7) is 1.26. The number of fused-ring (bicyclic) bond motifs is 1. The molecule has 1 aromatic heterocycles. The fourth-order valence-electron chi connectivity index (χ4n) is 2.20. The van der Waals surface area contributed by atoms with Crippen LogP contribution in [0.15, 0.2) is 30.6 Å². The van der Waals surface area contributed by atoms with E-state index >= 15 is 0 Å². The Morgan fingerprint density at radius 2 is 2.17 bits per heavy atom. The predicted molar refractivity (Wildman–Crippen MR) is 68.6 cm³/mol. The highest BCUT2D eigenvalue weighted by Gasteiger charge is 2.28. The molecule has 1 saturated heterocycles. The Morgan fingerprint density at radius 3 is 3.06 bits per heavy atom. The number of methoxy groups -OCH3 is 1. The molecule has 1 aliphatic rings. The van der Waals surface area contributed by atoms with Crippen LogP contribution in [0.2, 0.25) is 0 Å². The van der Waals surface area contributed by atoms with E-state index < -0.39 is 0 Å². The zero-order chi connectivity index (χ0) is 12.4. The second-order valence-corrected chi connectivity index (χ2v) is 4.30. The summed E-state index contributed by atoms with van der Waals surface area (Å²) in [4.78, 5) is 8.55. The van der Waals surface area contributed by atoms with Crippen molar-refractivity contribution < 1.29 is 9.47 Å². The van der Waals surface area contributed by atoms with Crippen LogP contribution in [0, 0.1) is 0 Å². The number of rotatable bonds is 3. The van der Waals surface area contributed by atoms with E-state index in [0.29, 0.717) is 13.2 Å². The van der Waals surface area contributed by atoms with Crippen molar-refractivity contribution in [3.05, 3.63) is 30.6 Å². The molecule has 2 heterocycles. The smallest absolute Gasteiger partial charge is 0.137 e. The summed E-state index contributed by atoms with van der Waals surface area (Å²) >= 11 is 0. The zero-order valence-electron chi connectivity index (χ0n) is 10.2. The molecule has 0 spiro atoms. The molecule has 5 nitrogen and oxygen atoms in total. The van der Waals surface area contributed by atoms with Gasteiger partial charge in [-0.2, -0.15) is 0 Å². The molecule has 3 rings (SSSR count). The number of anilines is 1. The van der Waals surface area contributed by atoms with Crippen LogP contribution in [-0.2, 0) is 9.47 Å². The lowest BCUT2D eigenvalue weighted by Gasteiger charge is -2.18. The van der Waals surface area contributed by atoms with E-state index in [2.05, 4.69) is 15.3 Å². The van der Waals surface area contributed by atoms with Crippen LogP contribution < -0.4 is 5.32 Å². The minimum absolute atomic E-state index is 0.0683. The van der Waals surface area contributed by atoms with Gasteiger partial charge >= 0.3 is 0 Å². The van der Waals surface area contributed by atoms with Crippen LogP contribution in [0.5, 0.6) is 0 Å². The first-order valence-electron chi connectivity index (χ1n) is 5.95. The molecule has 94 valence electrons. The molecule has 0 unspecified atom stereocenters. The van der Waals surface area contributed by atoms with Gasteiger partial charge in [0, 0.05) is 12.5 Å². The van der Waals surface area contributed by atoms with Crippen molar-refractivity contribution in [2.45, 2.75) is 12.1 Å². The summed E-state index contributed by atoms with van der Waals surface area (Å²) in [5, 5.41) is 4.40. The van der Waals surface area contributed by atoms with Gasteiger partial charge in [-0.3, -0.25) is 0 Å². The lowest BCUT2D eigenvalue weighted by Crippen LogP contribution is -2.33. The van der Waals surface area contributed by atoms with Crippen molar-refractivity contribution in [3.8, 4) is 0 Å². The Morgan fingerprint density at radius 1 is 1.28 bits per heavy atom. The second-order valence-electron chi connectivity index (χ2n) is 4.30. The monoisotopic (exact) mass is 245 g/mol. The second kappa shape index (κ2) is 4.88. The van der Waals surface area contributed by atoms with Crippen molar-refractivity contribution in [1.82, 2.24) is 9.97 Å². The molecule has 0 radical (unpaired) electrons. The predicted octanol–water partition coefficient (Wildman–Crippen LogP) is 1.46. The average molecular weight is 245 g/mol. The van der Waals surface area contributed by atoms with Crippen LogP contribution >= 0.6 is 0 Å². The molecule has 18 heavy (non-hydrogen) atoms. The number of benzene rings is 1. The van der Waals surface area contributed by atoms with Gasteiger partial charge in [0.15, 0.2) is 0 Å². The molecule has 5 heteroatoms. The molecule has 0 amide bonds. The molecular weight excluding hydrogens is 230 g/mol. The van der Waals surface area contributed by atoms with Gasteiger partial charge in [0.05, 0.1) is 24.8 Å². The lowest BCUT2D eigenvalue weighted by atomic mass is 10.2. The maximum Gasteiger partial charge on any atom is 0.137 e. The first-order valence-corrected chi connectivity index (χ1v) is 5.95. The quantitative estimate of drug-likeness (QED) is 0.887. The molecule has 2 atom stereocenters. The highest BCUT2D eigenvalue weighted by atomic mass is 16.5. The maximum atomic E-state index is 5.41. The first-order chi connectivity index (χ1) is 8.88. The fraction of sp³-hybridized carbons (Fsp3) is 0.385. The number of ether oxygens (including phenoxy) is 2. The standard InChI is InChI=1S/C13H15N3O2/c1-17-12-7-18-6-11(12)16-13-9-4-2-3-5-10(9)14-8-15-13/h2-5,8,11-12H,6-7H2,1H3,(H,14,15,16)/t11-,12-/m0/s1.